The second-order valence-corrected chi connectivity index (χ2v) is 8.05. The maximum Gasteiger partial charge on any atom is 0.340 e. The Morgan fingerprint density at radius 3 is 2.61 bits per heavy atom. The fourth-order valence-corrected chi connectivity index (χ4v) is 4.33. The number of nitrogens with one attached hydrogen (secondary N) is 2. The molecule has 0 fully saturated rings. The number of furan rings is 1. The van der Waals surface area contributed by atoms with Gasteiger partial charge < -0.3 is 19.1 Å². The standard InChI is InChI=1S/C25H22N2O4/c1-12-9-20-23(24-22(12)13(2)15(4)30-24)14(3)18(25(29)31-20)11-21(28)27-17-5-6-19-16(10-17)7-8-26-19/h5-10,26H,11H2,1-4H3,(H,27,28). The van der Waals surface area contributed by atoms with Crippen LogP contribution in [0.25, 0.3) is 32.8 Å². The predicted molar refractivity (Wildman–Crippen MR) is 122 cm³/mol. The topological polar surface area (TPSA) is 88.2 Å². The second kappa shape index (κ2) is 6.87. The monoisotopic (exact) mass is 414 g/mol. The number of rotatable bonds is 3. The molecule has 0 unspecified atom stereocenters. The fraction of sp³-hybridized carbons (Fsp3) is 0.200. The quantitative estimate of drug-likeness (QED) is 0.385. The summed E-state index contributed by atoms with van der Waals surface area (Å²) in [5, 5.41) is 5.65. The predicted octanol–water partition coefficient (Wildman–Crippen LogP) is 5.44. The third kappa shape index (κ3) is 3.03. The summed E-state index contributed by atoms with van der Waals surface area (Å²) in [6, 6.07) is 9.42. The normalized spacial score (nSPS) is 11.6. The number of hydrogen-bond donors (Lipinski definition) is 2. The summed E-state index contributed by atoms with van der Waals surface area (Å²) in [6.45, 7) is 7.76. The van der Waals surface area contributed by atoms with Crippen molar-refractivity contribution in [3.8, 4) is 0 Å². The molecule has 6 nitrogen and oxygen atoms in total. The molecule has 156 valence electrons. The van der Waals surface area contributed by atoms with E-state index in [2.05, 4.69) is 10.3 Å². The van der Waals surface area contributed by atoms with Crippen LogP contribution >= 0.6 is 0 Å². The summed E-state index contributed by atoms with van der Waals surface area (Å²) >= 11 is 0. The van der Waals surface area contributed by atoms with Crippen molar-refractivity contribution >= 4 is 44.4 Å². The van der Waals surface area contributed by atoms with Gasteiger partial charge in [-0.05, 0) is 74.7 Å². The smallest absolute Gasteiger partial charge is 0.340 e. The van der Waals surface area contributed by atoms with E-state index in [9.17, 15) is 9.59 Å². The SMILES string of the molecule is Cc1oc2c(c(C)cc3oc(=O)c(CC(=O)Nc4ccc5[nH]ccc5c4)c(C)c32)c1C. The number of carbonyl (C=O) groups excluding carboxylic acids is 1. The molecule has 2 aromatic carbocycles. The highest BCUT2D eigenvalue weighted by molar-refractivity contribution is 6.07. The van der Waals surface area contributed by atoms with Crippen molar-refractivity contribution in [2.75, 3.05) is 5.32 Å². The number of carbonyl (C=O) groups is 1. The average Bonchev–Trinajstić information content (AvgIpc) is 3.29. The summed E-state index contributed by atoms with van der Waals surface area (Å²) in [7, 11) is 0. The van der Waals surface area contributed by atoms with E-state index in [0.717, 1.165) is 38.6 Å². The molecule has 2 N–H and O–H groups in total. The van der Waals surface area contributed by atoms with E-state index < -0.39 is 5.63 Å². The molecule has 5 aromatic rings. The minimum Gasteiger partial charge on any atom is -0.460 e. The molecule has 0 spiro atoms. The van der Waals surface area contributed by atoms with E-state index in [1.54, 1.807) is 0 Å². The molecule has 3 heterocycles. The molecular weight excluding hydrogens is 392 g/mol. The molecular formula is C25H22N2O4. The Morgan fingerprint density at radius 2 is 1.81 bits per heavy atom. The zero-order chi connectivity index (χ0) is 21.9. The molecule has 0 saturated carbocycles. The van der Waals surface area contributed by atoms with Crippen LogP contribution in [0.4, 0.5) is 5.69 Å². The molecule has 0 aliphatic rings. The molecule has 0 bridgehead atoms. The van der Waals surface area contributed by atoms with E-state index in [1.807, 2.05) is 64.2 Å². The van der Waals surface area contributed by atoms with Crippen LogP contribution in [-0.2, 0) is 11.2 Å². The zero-order valence-corrected chi connectivity index (χ0v) is 17.8. The first-order valence-corrected chi connectivity index (χ1v) is 10.2. The maximum atomic E-state index is 12.7. The van der Waals surface area contributed by atoms with Crippen LogP contribution in [0.1, 0.15) is 28.0 Å². The third-order valence-corrected chi connectivity index (χ3v) is 6.05. The molecule has 3 aromatic heterocycles. The van der Waals surface area contributed by atoms with E-state index >= 15 is 0 Å². The van der Waals surface area contributed by atoms with Gasteiger partial charge in [0.15, 0.2) is 0 Å². The van der Waals surface area contributed by atoms with Gasteiger partial charge >= 0.3 is 5.63 Å². The molecule has 1 amide bonds. The number of benzene rings is 2. The number of fused-ring (bicyclic) bond motifs is 4. The lowest BCUT2D eigenvalue weighted by atomic mass is 9.98. The highest BCUT2D eigenvalue weighted by Gasteiger charge is 2.21. The van der Waals surface area contributed by atoms with Gasteiger partial charge in [-0.15, -0.1) is 0 Å². The van der Waals surface area contributed by atoms with Crippen LogP contribution in [0.15, 0.2) is 50.2 Å². The van der Waals surface area contributed by atoms with E-state index in [4.69, 9.17) is 8.83 Å². The van der Waals surface area contributed by atoms with Crippen LogP contribution in [0.3, 0.4) is 0 Å². The largest absolute Gasteiger partial charge is 0.460 e. The van der Waals surface area contributed by atoms with E-state index in [0.29, 0.717) is 28.0 Å². The highest BCUT2D eigenvalue weighted by Crippen LogP contribution is 2.36. The van der Waals surface area contributed by atoms with Gasteiger partial charge in [0.25, 0.3) is 0 Å². The first-order valence-electron chi connectivity index (χ1n) is 10.2. The lowest BCUT2D eigenvalue weighted by Gasteiger charge is -2.10. The number of H-pyrrole nitrogens is 1. The molecule has 6 heteroatoms. The van der Waals surface area contributed by atoms with Crippen molar-refractivity contribution in [1.29, 1.82) is 0 Å². The fourth-order valence-electron chi connectivity index (χ4n) is 4.33. The van der Waals surface area contributed by atoms with Crippen LogP contribution < -0.4 is 10.9 Å². The molecule has 0 aliphatic carbocycles. The van der Waals surface area contributed by atoms with Crippen LogP contribution in [0.2, 0.25) is 0 Å². The molecule has 0 aliphatic heterocycles. The zero-order valence-electron chi connectivity index (χ0n) is 17.8. The summed E-state index contributed by atoms with van der Waals surface area (Å²) in [6.07, 6.45) is 1.77. The number of anilines is 1. The maximum absolute atomic E-state index is 12.7. The van der Waals surface area contributed by atoms with Gasteiger partial charge in [0.2, 0.25) is 5.91 Å². The van der Waals surface area contributed by atoms with Gasteiger partial charge in [0.1, 0.15) is 16.9 Å². The Bertz CT molecular complexity index is 1570. The molecule has 0 radical (unpaired) electrons. The second-order valence-electron chi connectivity index (χ2n) is 8.05. The van der Waals surface area contributed by atoms with Gasteiger partial charge in [0, 0.05) is 28.2 Å². The van der Waals surface area contributed by atoms with Gasteiger partial charge in [-0.25, -0.2) is 4.79 Å². The molecule has 0 atom stereocenters. The van der Waals surface area contributed by atoms with Gasteiger partial charge in [-0.2, -0.15) is 0 Å². The summed E-state index contributed by atoms with van der Waals surface area (Å²) in [5.74, 6) is 0.551. The van der Waals surface area contributed by atoms with Crippen LogP contribution in [0.5, 0.6) is 0 Å². The van der Waals surface area contributed by atoms with Crippen molar-refractivity contribution in [2.45, 2.75) is 34.1 Å². The Hall–Kier alpha value is -3.80. The number of aromatic nitrogens is 1. The van der Waals surface area contributed by atoms with Crippen molar-refractivity contribution in [3.63, 3.8) is 0 Å². The summed E-state index contributed by atoms with van der Waals surface area (Å²) < 4.78 is 11.6. The van der Waals surface area contributed by atoms with Gasteiger partial charge in [-0.1, -0.05) is 0 Å². The number of aromatic amines is 1. The highest BCUT2D eigenvalue weighted by atomic mass is 16.4. The van der Waals surface area contributed by atoms with Crippen molar-refractivity contribution in [2.24, 2.45) is 0 Å². The van der Waals surface area contributed by atoms with Crippen LogP contribution in [0, 0.1) is 27.7 Å². The Labute approximate surface area is 177 Å². The first kappa shape index (κ1) is 19.2. The first-order chi connectivity index (χ1) is 14.8. The Kier molecular flexibility index (Phi) is 4.25. The van der Waals surface area contributed by atoms with Crippen molar-refractivity contribution in [3.05, 3.63) is 75.0 Å². The van der Waals surface area contributed by atoms with E-state index in [1.165, 1.54) is 0 Å². The number of amides is 1. The summed E-state index contributed by atoms with van der Waals surface area (Å²) in [5.41, 5.74) is 5.45. The lowest BCUT2D eigenvalue weighted by molar-refractivity contribution is -0.115. The Balaban J connectivity index is 1.56. The summed E-state index contributed by atoms with van der Waals surface area (Å²) in [4.78, 5) is 28.6. The lowest BCUT2D eigenvalue weighted by Crippen LogP contribution is -2.20. The number of hydrogen-bond acceptors (Lipinski definition) is 4. The molecule has 31 heavy (non-hydrogen) atoms. The van der Waals surface area contributed by atoms with Gasteiger partial charge in [-0.3, -0.25) is 4.79 Å². The third-order valence-electron chi connectivity index (χ3n) is 6.05. The van der Waals surface area contributed by atoms with Crippen molar-refractivity contribution in [1.82, 2.24) is 4.98 Å². The molecule has 5 rings (SSSR count). The van der Waals surface area contributed by atoms with Crippen LogP contribution in [-0.4, -0.2) is 10.9 Å². The minimum absolute atomic E-state index is 0.0800. The molecule has 0 saturated heterocycles. The average molecular weight is 414 g/mol. The number of aryl methyl sites for hydroxylation is 4. The van der Waals surface area contributed by atoms with E-state index in [-0.39, 0.29) is 12.3 Å². The minimum atomic E-state index is -0.500. The van der Waals surface area contributed by atoms with Gasteiger partial charge in [0.05, 0.1) is 17.4 Å². The van der Waals surface area contributed by atoms with Crippen molar-refractivity contribution < 1.29 is 13.6 Å². The Morgan fingerprint density at radius 1 is 1.00 bits per heavy atom.